The van der Waals surface area contributed by atoms with Gasteiger partial charge in [-0.15, -0.1) is 0 Å². The fourth-order valence-corrected chi connectivity index (χ4v) is 2.80. The van der Waals surface area contributed by atoms with Crippen LogP contribution in [0.25, 0.3) is 22.4 Å². The van der Waals surface area contributed by atoms with Crippen LogP contribution in [0.15, 0.2) is 42.5 Å². The van der Waals surface area contributed by atoms with Gasteiger partial charge in [-0.3, -0.25) is 0 Å². The summed E-state index contributed by atoms with van der Waals surface area (Å²) in [5, 5.41) is 8.83. The van der Waals surface area contributed by atoms with E-state index in [0.29, 0.717) is 17.9 Å². The van der Waals surface area contributed by atoms with Gasteiger partial charge in [0.1, 0.15) is 5.82 Å². The molecule has 0 spiro atoms. The van der Waals surface area contributed by atoms with Crippen LogP contribution in [0.2, 0.25) is 0 Å². The quantitative estimate of drug-likeness (QED) is 0.643. The molecule has 1 aromatic heterocycles. The van der Waals surface area contributed by atoms with Gasteiger partial charge in [-0.05, 0) is 6.42 Å². The second-order valence-corrected chi connectivity index (χ2v) is 5.41. The van der Waals surface area contributed by atoms with Crippen LogP contribution in [-0.4, -0.2) is 23.8 Å². The Morgan fingerprint density at radius 2 is 1.79 bits per heavy atom. The van der Waals surface area contributed by atoms with Crippen LogP contribution in [0.5, 0.6) is 11.5 Å². The van der Waals surface area contributed by atoms with Crippen molar-refractivity contribution in [3.8, 4) is 29.0 Å². The molecular weight excluding hydrogens is 302 g/mol. The second kappa shape index (κ2) is 7.05. The summed E-state index contributed by atoms with van der Waals surface area (Å²) in [6.07, 6.45) is 1.29. The fraction of sp³-hybridized carbons (Fsp3) is 0.263. The number of aromatic nitrogens is 2. The maximum atomic E-state index is 8.83. The molecule has 0 atom stereocenters. The van der Waals surface area contributed by atoms with Gasteiger partial charge in [0.05, 0.1) is 31.3 Å². The van der Waals surface area contributed by atoms with Crippen molar-refractivity contribution in [2.24, 2.45) is 0 Å². The van der Waals surface area contributed by atoms with Gasteiger partial charge in [-0.25, -0.2) is 4.98 Å². The Kier molecular flexibility index (Phi) is 4.66. The minimum atomic E-state index is 0.515. The number of imidazole rings is 1. The first-order valence-corrected chi connectivity index (χ1v) is 7.83. The number of rotatable bonds is 6. The van der Waals surface area contributed by atoms with Crippen LogP contribution in [0.3, 0.4) is 0 Å². The average Bonchev–Trinajstić information content (AvgIpc) is 2.99. The number of unbranched alkanes of at least 4 members (excludes halogenated alkanes) is 1. The Morgan fingerprint density at radius 3 is 2.46 bits per heavy atom. The highest BCUT2D eigenvalue weighted by Crippen LogP contribution is 2.34. The molecule has 24 heavy (non-hydrogen) atoms. The van der Waals surface area contributed by atoms with Crippen molar-refractivity contribution in [1.29, 1.82) is 5.26 Å². The minimum Gasteiger partial charge on any atom is -0.493 e. The van der Waals surface area contributed by atoms with Gasteiger partial charge in [-0.1, -0.05) is 30.3 Å². The highest BCUT2D eigenvalue weighted by molar-refractivity contribution is 5.84. The predicted molar refractivity (Wildman–Crippen MR) is 93.1 cm³/mol. The molecule has 5 heteroatoms. The van der Waals surface area contributed by atoms with E-state index in [1.54, 1.807) is 14.2 Å². The number of nitrogens with zero attached hydrogens (tertiary/aromatic N) is 3. The summed E-state index contributed by atoms with van der Waals surface area (Å²) in [4.78, 5) is 4.79. The van der Waals surface area contributed by atoms with Gasteiger partial charge in [0.25, 0.3) is 0 Å². The first-order chi connectivity index (χ1) is 11.8. The third-order valence-corrected chi connectivity index (χ3v) is 3.96. The summed E-state index contributed by atoms with van der Waals surface area (Å²) < 4.78 is 12.9. The maximum absolute atomic E-state index is 8.83. The molecule has 0 N–H and O–H groups in total. The molecule has 2 aromatic carbocycles. The largest absolute Gasteiger partial charge is 0.493 e. The van der Waals surface area contributed by atoms with Crippen LogP contribution in [0, 0.1) is 11.3 Å². The van der Waals surface area contributed by atoms with E-state index in [4.69, 9.17) is 19.7 Å². The van der Waals surface area contributed by atoms with Crippen molar-refractivity contribution in [1.82, 2.24) is 9.55 Å². The summed E-state index contributed by atoms with van der Waals surface area (Å²) in [6.45, 7) is 0.726. The van der Waals surface area contributed by atoms with E-state index >= 15 is 0 Å². The summed E-state index contributed by atoms with van der Waals surface area (Å²) in [5.74, 6) is 2.22. The number of hydrogen-bond donors (Lipinski definition) is 0. The maximum Gasteiger partial charge on any atom is 0.163 e. The van der Waals surface area contributed by atoms with E-state index in [2.05, 4.69) is 10.6 Å². The molecule has 5 nitrogen and oxygen atoms in total. The molecule has 3 rings (SSSR count). The van der Waals surface area contributed by atoms with Crippen molar-refractivity contribution < 1.29 is 9.47 Å². The molecule has 0 bridgehead atoms. The lowest BCUT2D eigenvalue weighted by atomic mass is 10.2. The topological polar surface area (TPSA) is 60.1 Å². The van der Waals surface area contributed by atoms with E-state index < -0.39 is 0 Å². The number of aryl methyl sites for hydroxylation is 1. The Labute approximate surface area is 141 Å². The highest BCUT2D eigenvalue weighted by atomic mass is 16.5. The Hall–Kier alpha value is -3.00. The van der Waals surface area contributed by atoms with Crippen LogP contribution in [-0.2, 0) is 6.54 Å². The summed E-state index contributed by atoms with van der Waals surface area (Å²) in [7, 11) is 3.24. The first kappa shape index (κ1) is 15.9. The van der Waals surface area contributed by atoms with E-state index in [0.717, 1.165) is 35.4 Å². The normalized spacial score (nSPS) is 10.5. The SMILES string of the molecule is COc1cc2nc(-c3ccccc3)n(CCCC#N)c2cc1OC. The van der Waals surface area contributed by atoms with Gasteiger partial charge < -0.3 is 14.0 Å². The van der Waals surface area contributed by atoms with Crippen molar-refractivity contribution in [2.75, 3.05) is 14.2 Å². The molecule has 1 heterocycles. The molecule has 0 aliphatic carbocycles. The van der Waals surface area contributed by atoms with Crippen molar-refractivity contribution >= 4 is 11.0 Å². The zero-order valence-electron chi connectivity index (χ0n) is 13.8. The summed E-state index contributed by atoms with van der Waals surface area (Å²) in [6, 6.07) is 16.1. The molecule has 0 fully saturated rings. The van der Waals surface area contributed by atoms with Crippen LogP contribution in [0.1, 0.15) is 12.8 Å². The Bertz CT molecular complexity index is 879. The van der Waals surface area contributed by atoms with Crippen LogP contribution >= 0.6 is 0 Å². The lowest BCUT2D eigenvalue weighted by molar-refractivity contribution is 0.355. The molecule has 0 unspecified atom stereocenters. The van der Waals surface area contributed by atoms with Crippen LogP contribution < -0.4 is 9.47 Å². The minimum absolute atomic E-state index is 0.515. The van der Waals surface area contributed by atoms with Crippen molar-refractivity contribution in [2.45, 2.75) is 19.4 Å². The number of ether oxygens (including phenoxy) is 2. The number of methoxy groups -OCH3 is 2. The van der Waals surface area contributed by atoms with E-state index in [-0.39, 0.29) is 0 Å². The number of hydrogen-bond acceptors (Lipinski definition) is 4. The lowest BCUT2D eigenvalue weighted by Gasteiger charge is -2.10. The average molecular weight is 321 g/mol. The standard InChI is InChI=1S/C19H19N3O2/c1-23-17-12-15-16(13-18(17)24-2)22(11-7-6-10-20)19(21-15)14-8-4-3-5-9-14/h3-5,8-9,12-13H,6-7,11H2,1-2H3. The molecule has 3 aromatic rings. The van der Waals surface area contributed by atoms with Crippen molar-refractivity contribution in [3.63, 3.8) is 0 Å². The summed E-state index contributed by atoms with van der Waals surface area (Å²) in [5.41, 5.74) is 2.87. The predicted octanol–water partition coefficient (Wildman–Crippen LogP) is 4.02. The third-order valence-electron chi connectivity index (χ3n) is 3.96. The Morgan fingerprint density at radius 1 is 1.08 bits per heavy atom. The van der Waals surface area contributed by atoms with E-state index in [1.807, 2.05) is 42.5 Å². The Balaban J connectivity index is 2.18. The zero-order valence-corrected chi connectivity index (χ0v) is 13.8. The van der Waals surface area contributed by atoms with Gasteiger partial charge in [0, 0.05) is 30.7 Å². The van der Waals surface area contributed by atoms with Gasteiger partial charge in [0.15, 0.2) is 11.5 Å². The highest BCUT2D eigenvalue weighted by Gasteiger charge is 2.16. The first-order valence-electron chi connectivity index (χ1n) is 7.83. The lowest BCUT2D eigenvalue weighted by Crippen LogP contribution is -2.01. The summed E-state index contributed by atoms with van der Waals surface area (Å²) >= 11 is 0. The molecule has 0 radical (unpaired) electrons. The fourth-order valence-electron chi connectivity index (χ4n) is 2.80. The van der Waals surface area contributed by atoms with Crippen molar-refractivity contribution in [3.05, 3.63) is 42.5 Å². The van der Waals surface area contributed by atoms with Gasteiger partial charge >= 0.3 is 0 Å². The zero-order chi connectivity index (χ0) is 16.9. The monoisotopic (exact) mass is 321 g/mol. The molecule has 0 saturated heterocycles. The molecule has 0 aliphatic rings. The molecule has 122 valence electrons. The van der Waals surface area contributed by atoms with Crippen LogP contribution in [0.4, 0.5) is 0 Å². The van der Waals surface area contributed by atoms with E-state index in [9.17, 15) is 0 Å². The third kappa shape index (κ3) is 2.91. The molecule has 0 aliphatic heterocycles. The molecule has 0 amide bonds. The van der Waals surface area contributed by atoms with Gasteiger partial charge in [-0.2, -0.15) is 5.26 Å². The number of fused-ring (bicyclic) bond motifs is 1. The van der Waals surface area contributed by atoms with E-state index in [1.165, 1.54) is 0 Å². The smallest absolute Gasteiger partial charge is 0.163 e. The number of nitriles is 1. The second-order valence-electron chi connectivity index (χ2n) is 5.41. The molecular formula is C19H19N3O2. The van der Waals surface area contributed by atoms with Gasteiger partial charge in [0.2, 0.25) is 0 Å². The number of benzene rings is 2. The molecule has 0 saturated carbocycles.